The Morgan fingerprint density at radius 1 is 1.39 bits per heavy atom. The SMILES string of the molecule is CC(Cl)C1=NC(=O)C(c2ccccc2Br)C(=O)N1. The van der Waals surface area contributed by atoms with Crippen molar-refractivity contribution >= 4 is 45.2 Å². The Kier molecular flexibility index (Phi) is 3.82. The number of amides is 2. The van der Waals surface area contributed by atoms with Crippen molar-refractivity contribution in [1.29, 1.82) is 0 Å². The molecule has 0 spiro atoms. The van der Waals surface area contributed by atoms with E-state index in [9.17, 15) is 9.59 Å². The van der Waals surface area contributed by atoms with Crippen LogP contribution in [0.25, 0.3) is 0 Å². The first-order valence-corrected chi connectivity index (χ1v) is 6.55. The number of hydrogen-bond acceptors (Lipinski definition) is 2. The molecule has 94 valence electrons. The van der Waals surface area contributed by atoms with Crippen LogP contribution >= 0.6 is 27.5 Å². The van der Waals surface area contributed by atoms with Crippen LogP contribution < -0.4 is 5.32 Å². The van der Waals surface area contributed by atoms with Gasteiger partial charge in [-0.2, -0.15) is 4.99 Å². The van der Waals surface area contributed by atoms with Gasteiger partial charge in [0.15, 0.2) is 0 Å². The maximum absolute atomic E-state index is 12.0. The van der Waals surface area contributed by atoms with E-state index in [-0.39, 0.29) is 5.84 Å². The second kappa shape index (κ2) is 5.20. The van der Waals surface area contributed by atoms with Crippen LogP contribution in [0, 0.1) is 0 Å². The number of benzene rings is 1. The van der Waals surface area contributed by atoms with Gasteiger partial charge in [-0.25, -0.2) is 0 Å². The molecule has 4 nitrogen and oxygen atoms in total. The van der Waals surface area contributed by atoms with E-state index in [4.69, 9.17) is 11.6 Å². The van der Waals surface area contributed by atoms with Gasteiger partial charge in [-0.1, -0.05) is 34.1 Å². The quantitative estimate of drug-likeness (QED) is 0.668. The van der Waals surface area contributed by atoms with Gasteiger partial charge in [0.25, 0.3) is 5.91 Å². The van der Waals surface area contributed by atoms with E-state index >= 15 is 0 Å². The molecule has 1 heterocycles. The summed E-state index contributed by atoms with van der Waals surface area (Å²) >= 11 is 9.13. The average Bonchev–Trinajstić information content (AvgIpc) is 2.30. The van der Waals surface area contributed by atoms with E-state index in [0.29, 0.717) is 10.0 Å². The third kappa shape index (κ3) is 2.47. The first-order valence-electron chi connectivity index (χ1n) is 5.32. The van der Waals surface area contributed by atoms with Gasteiger partial charge in [-0.15, -0.1) is 11.6 Å². The maximum atomic E-state index is 12.0. The number of alkyl halides is 1. The lowest BCUT2D eigenvalue weighted by Gasteiger charge is -2.22. The minimum atomic E-state index is -0.917. The number of carbonyl (C=O) groups excluding carboxylic acids is 2. The molecule has 1 aromatic carbocycles. The van der Waals surface area contributed by atoms with Crippen LogP contribution in [0.4, 0.5) is 0 Å². The fourth-order valence-corrected chi connectivity index (χ4v) is 2.31. The molecule has 2 amide bonds. The van der Waals surface area contributed by atoms with Crippen molar-refractivity contribution in [2.75, 3.05) is 0 Å². The van der Waals surface area contributed by atoms with Gasteiger partial charge in [-0.05, 0) is 18.6 Å². The highest BCUT2D eigenvalue weighted by molar-refractivity contribution is 9.10. The first-order chi connectivity index (χ1) is 8.50. The molecule has 1 aliphatic heterocycles. The molecular formula is C12H10BrClN2O2. The predicted octanol–water partition coefficient (Wildman–Crippen LogP) is 2.21. The molecule has 0 saturated carbocycles. The normalized spacial score (nSPS) is 21.3. The summed E-state index contributed by atoms with van der Waals surface area (Å²) in [4.78, 5) is 27.7. The third-order valence-corrected chi connectivity index (χ3v) is 3.51. The fourth-order valence-electron chi connectivity index (χ4n) is 1.69. The summed E-state index contributed by atoms with van der Waals surface area (Å²) in [6, 6.07) is 7.08. The van der Waals surface area contributed by atoms with Gasteiger partial charge in [-0.3, -0.25) is 9.59 Å². The monoisotopic (exact) mass is 328 g/mol. The smallest absolute Gasteiger partial charge is 0.264 e. The highest BCUT2D eigenvalue weighted by atomic mass is 79.9. The number of carbonyl (C=O) groups is 2. The van der Waals surface area contributed by atoms with Crippen molar-refractivity contribution in [3.63, 3.8) is 0 Å². The Morgan fingerprint density at radius 2 is 2.06 bits per heavy atom. The van der Waals surface area contributed by atoms with Gasteiger partial charge < -0.3 is 5.32 Å². The Hall–Kier alpha value is -1.20. The van der Waals surface area contributed by atoms with Gasteiger partial charge in [0, 0.05) is 4.47 Å². The molecule has 0 aliphatic carbocycles. The maximum Gasteiger partial charge on any atom is 0.264 e. The van der Waals surface area contributed by atoms with E-state index in [1.165, 1.54) is 0 Å². The molecule has 2 atom stereocenters. The second-order valence-electron chi connectivity index (χ2n) is 3.90. The Balaban J connectivity index is 2.40. The molecule has 0 radical (unpaired) electrons. The van der Waals surface area contributed by atoms with E-state index in [0.717, 1.165) is 0 Å². The highest BCUT2D eigenvalue weighted by Gasteiger charge is 2.35. The van der Waals surface area contributed by atoms with Crippen molar-refractivity contribution in [3.05, 3.63) is 34.3 Å². The largest absolute Gasteiger partial charge is 0.312 e. The lowest BCUT2D eigenvalue weighted by molar-refractivity contribution is -0.129. The lowest BCUT2D eigenvalue weighted by Crippen LogP contribution is -2.45. The number of halogens is 2. The van der Waals surface area contributed by atoms with Gasteiger partial charge in [0.1, 0.15) is 11.8 Å². The van der Waals surface area contributed by atoms with Gasteiger partial charge >= 0.3 is 0 Å². The zero-order valence-electron chi connectivity index (χ0n) is 9.48. The van der Waals surface area contributed by atoms with Crippen LogP contribution in [0.3, 0.4) is 0 Å². The lowest BCUT2D eigenvalue weighted by atomic mass is 9.96. The Morgan fingerprint density at radius 3 is 2.61 bits per heavy atom. The van der Waals surface area contributed by atoms with Gasteiger partial charge in [0.05, 0.1) is 5.38 Å². The predicted molar refractivity (Wildman–Crippen MR) is 72.8 cm³/mol. The topological polar surface area (TPSA) is 58.5 Å². The number of hydrogen-bond donors (Lipinski definition) is 1. The fraction of sp³-hybridized carbons (Fsp3) is 0.250. The summed E-state index contributed by atoms with van der Waals surface area (Å²) in [7, 11) is 0. The van der Waals surface area contributed by atoms with E-state index in [1.807, 2.05) is 6.07 Å². The summed E-state index contributed by atoms with van der Waals surface area (Å²) in [6.45, 7) is 1.65. The number of amidine groups is 1. The Bertz CT molecular complexity index is 543. The number of nitrogens with one attached hydrogen (secondary N) is 1. The van der Waals surface area contributed by atoms with Crippen molar-refractivity contribution in [3.8, 4) is 0 Å². The van der Waals surface area contributed by atoms with Crippen LogP contribution in [-0.4, -0.2) is 23.0 Å². The van der Waals surface area contributed by atoms with E-state index < -0.39 is 23.1 Å². The number of aliphatic imine (C=N–C) groups is 1. The summed E-state index contributed by atoms with van der Waals surface area (Å²) in [5.74, 6) is -1.60. The standard InChI is InChI=1S/C12H10BrClN2O2/c1-6(14)10-15-11(17)9(12(18)16-10)7-4-2-3-5-8(7)13/h2-6,9H,1H3,(H,15,16,17,18). The molecule has 2 rings (SSSR count). The second-order valence-corrected chi connectivity index (χ2v) is 5.40. The molecule has 1 aromatic rings. The van der Waals surface area contributed by atoms with Crippen molar-refractivity contribution < 1.29 is 9.59 Å². The zero-order chi connectivity index (χ0) is 13.3. The van der Waals surface area contributed by atoms with Crippen LogP contribution in [0.2, 0.25) is 0 Å². The molecule has 6 heteroatoms. The van der Waals surface area contributed by atoms with Crippen molar-refractivity contribution in [2.45, 2.75) is 18.2 Å². The molecule has 1 aliphatic rings. The van der Waals surface area contributed by atoms with Crippen LogP contribution in [0.15, 0.2) is 33.7 Å². The minimum absolute atomic E-state index is 0.204. The average molecular weight is 330 g/mol. The Labute approximate surface area is 118 Å². The highest BCUT2D eigenvalue weighted by Crippen LogP contribution is 2.27. The summed E-state index contributed by atoms with van der Waals surface area (Å²) in [6.07, 6.45) is 0. The van der Waals surface area contributed by atoms with E-state index in [2.05, 4.69) is 26.2 Å². The molecule has 2 unspecified atom stereocenters. The van der Waals surface area contributed by atoms with Crippen LogP contribution in [0.5, 0.6) is 0 Å². The molecule has 0 saturated heterocycles. The van der Waals surface area contributed by atoms with Crippen molar-refractivity contribution in [1.82, 2.24) is 5.32 Å². The zero-order valence-corrected chi connectivity index (χ0v) is 11.8. The molecule has 0 aromatic heterocycles. The summed E-state index contributed by atoms with van der Waals surface area (Å²) < 4.78 is 0.705. The number of nitrogens with zero attached hydrogens (tertiary/aromatic N) is 1. The van der Waals surface area contributed by atoms with Gasteiger partial charge in [0.2, 0.25) is 5.91 Å². The van der Waals surface area contributed by atoms with Crippen LogP contribution in [0.1, 0.15) is 18.4 Å². The summed E-state index contributed by atoms with van der Waals surface area (Å²) in [5.41, 5.74) is 0.602. The van der Waals surface area contributed by atoms with Crippen molar-refractivity contribution in [2.24, 2.45) is 4.99 Å². The van der Waals surface area contributed by atoms with Crippen LogP contribution in [-0.2, 0) is 9.59 Å². The molecule has 18 heavy (non-hydrogen) atoms. The van der Waals surface area contributed by atoms with E-state index in [1.54, 1.807) is 25.1 Å². The summed E-state index contributed by atoms with van der Waals surface area (Å²) in [5, 5.41) is 2.06. The minimum Gasteiger partial charge on any atom is -0.312 e. The molecule has 1 N–H and O–H groups in total. The first kappa shape index (κ1) is 13.2. The molecule has 0 fully saturated rings. The number of rotatable bonds is 2. The molecular weight excluding hydrogens is 320 g/mol. The third-order valence-electron chi connectivity index (χ3n) is 2.58. The molecule has 0 bridgehead atoms.